The molecule has 2 amide bonds. The van der Waals surface area contributed by atoms with Gasteiger partial charge < -0.3 is 15.7 Å². The largest absolute Gasteiger partial charge is 0.480 e. The molecule has 0 aliphatic carbocycles. The minimum absolute atomic E-state index is 0.174. The van der Waals surface area contributed by atoms with Crippen molar-refractivity contribution < 1.29 is 23.9 Å². The summed E-state index contributed by atoms with van der Waals surface area (Å²) in [6.45, 7) is 4.70. The molecule has 7 heteroatoms. The summed E-state index contributed by atoms with van der Waals surface area (Å²) >= 11 is 0. The second kappa shape index (κ2) is 7.53. The molecule has 0 aliphatic rings. The van der Waals surface area contributed by atoms with E-state index >= 15 is 0 Å². The summed E-state index contributed by atoms with van der Waals surface area (Å²) < 4.78 is 13.6. The van der Waals surface area contributed by atoms with Crippen LogP contribution in [0.2, 0.25) is 0 Å². The van der Waals surface area contributed by atoms with Crippen LogP contribution in [0.1, 0.15) is 31.1 Å². The molecule has 2 atom stereocenters. The summed E-state index contributed by atoms with van der Waals surface area (Å²) in [7, 11) is 0. The molecule has 0 fully saturated rings. The maximum Gasteiger partial charge on any atom is 0.325 e. The lowest BCUT2D eigenvalue weighted by atomic mass is 10.0. The van der Waals surface area contributed by atoms with Crippen molar-refractivity contribution in [2.24, 2.45) is 5.92 Å². The summed E-state index contributed by atoms with van der Waals surface area (Å²) in [6.07, 6.45) is 0. The highest BCUT2D eigenvalue weighted by atomic mass is 19.1. The Bertz CT molecular complexity index is 574. The molecule has 0 saturated carbocycles. The van der Waals surface area contributed by atoms with E-state index in [0.29, 0.717) is 0 Å². The maximum atomic E-state index is 13.6. The monoisotopic (exact) mass is 310 g/mol. The van der Waals surface area contributed by atoms with E-state index < -0.39 is 35.7 Å². The number of carboxylic acid groups (broad SMARTS) is 1. The Morgan fingerprint density at radius 3 is 2.18 bits per heavy atom. The minimum Gasteiger partial charge on any atom is -0.480 e. The summed E-state index contributed by atoms with van der Waals surface area (Å²) in [5.41, 5.74) is -0.174. The maximum absolute atomic E-state index is 13.6. The van der Waals surface area contributed by atoms with Crippen LogP contribution in [0.4, 0.5) is 4.39 Å². The average Bonchev–Trinajstić information content (AvgIpc) is 2.44. The van der Waals surface area contributed by atoms with Gasteiger partial charge in [-0.2, -0.15) is 0 Å². The number of carboxylic acids is 1. The summed E-state index contributed by atoms with van der Waals surface area (Å²) in [6, 6.07) is 3.36. The Balaban J connectivity index is 2.84. The summed E-state index contributed by atoms with van der Waals surface area (Å²) in [4.78, 5) is 34.9. The fourth-order valence-electron chi connectivity index (χ4n) is 1.76. The van der Waals surface area contributed by atoms with E-state index in [-0.39, 0.29) is 11.5 Å². The predicted octanol–water partition coefficient (Wildman–Crippen LogP) is 1.17. The number of rotatable bonds is 6. The zero-order chi connectivity index (χ0) is 16.9. The van der Waals surface area contributed by atoms with Gasteiger partial charge in [0.05, 0.1) is 5.56 Å². The number of benzene rings is 1. The van der Waals surface area contributed by atoms with E-state index in [0.717, 1.165) is 6.07 Å². The van der Waals surface area contributed by atoms with Gasteiger partial charge in [0.2, 0.25) is 5.91 Å². The van der Waals surface area contributed by atoms with Crippen molar-refractivity contribution in [2.45, 2.75) is 32.9 Å². The van der Waals surface area contributed by atoms with Crippen molar-refractivity contribution >= 4 is 17.8 Å². The number of aliphatic carboxylic acids is 1. The standard InChI is InChI=1S/C15H19FN2O4/c1-8(2)12(14(20)17-9(3)15(21)22)18-13(19)10-6-4-5-7-11(10)16/h4-9,12H,1-3H3,(H,17,20)(H,18,19)(H,21,22)/t9-,12?/m1/s1. The fraction of sp³-hybridized carbons (Fsp3) is 0.400. The number of carbonyl (C=O) groups is 3. The van der Waals surface area contributed by atoms with Gasteiger partial charge in [-0.25, -0.2) is 4.39 Å². The highest BCUT2D eigenvalue weighted by Crippen LogP contribution is 2.09. The first-order valence-corrected chi connectivity index (χ1v) is 6.82. The molecule has 1 rings (SSSR count). The van der Waals surface area contributed by atoms with Crippen LogP contribution in [-0.2, 0) is 9.59 Å². The first kappa shape index (κ1) is 17.6. The molecule has 1 aromatic carbocycles. The van der Waals surface area contributed by atoms with Crippen LogP contribution >= 0.6 is 0 Å². The molecule has 0 spiro atoms. The van der Waals surface area contributed by atoms with E-state index in [1.807, 2.05) is 0 Å². The molecule has 22 heavy (non-hydrogen) atoms. The number of nitrogens with one attached hydrogen (secondary N) is 2. The molecule has 0 aromatic heterocycles. The molecule has 1 unspecified atom stereocenters. The Morgan fingerprint density at radius 1 is 1.09 bits per heavy atom. The van der Waals surface area contributed by atoms with E-state index in [2.05, 4.69) is 10.6 Å². The molecule has 0 heterocycles. The normalized spacial score (nSPS) is 13.3. The average molecular weight is 310 g/mol. The van der Waals surface area contributed by atoms with Gasteiger partial charge in [-0.05, 0) is 25.0 Å². The van der Waals surface area contributed by atoms with Crippen molar-refractivity contribution in [1.29, 1.82) is 0 Å². The summed E-state index contributed by atoms with van der Waals surface area (Å²) in [5.74, 6) is -3.53. The van der Waals surface area contributed by atoms with E-state index in [1.165, 1.54) is 25.1 Å². The number of amides is 2. The van der Waals surface area contributed by atoms with Crippen LogP contribution in [-0.4, -0.2) is 35.0 Å². The molecule has 0 saturated heterocycles. The van der Waals surface area contributed by atoms with E-state index in [4.69, 9.17) is 5.11 Å². The molecule has 6 nitrogen and oxygen atoms in total. The Morgan fingerprint density at radius 2 is 1.68 bits per heavy atom. The van der Waals surface area contributed by atoms with E-state index in [1.54, 1.807) is 13.8 Å². The SMILES string of the molecule is CC(C)C(NC(=O)c1ccccc1F)C(=O)N[C@H](C)C(=O)O. The van der Waals surface area contributed by atoms with Crippen molar-refractivity contribution in [1.82, 2.24) is 10.6 Å². The smallest absolute Gasteiger partial charge is 0.325 e. The molecule has 120 valence electrons. The highest BCUT2D eigenvalue weighted by molar-refractivity contribution is 5.98. The molecular weight excluding hydrogens is 291 g/mol. The number of hydrogen-bond acceptors (Lipinski definition) is 3. The third-order valence-corrected chi connectivity index (χ3v) is 3.08. The van der Waals surface area contributed by atoms with Crippen LogP contribution < -0.4 is 10.6 Å². The van der Waals surface area contributed by atoms with E-state index in [9.17, 15) is 18.8 Å². The van der Waals surface area contributed by atoms with Gasteiger partial charge in [0.1, 0.15) is 17.9 Å². The van der Waals surface area contributed by atoms with Crippen molar-refractivity contribution in [3.05, 3.63) is 35.6 Å². The minimum atomic E-state index is -1.18. The van der Waals surface area contributed by atoms with Gasteiger partial charge in [-0.15, -0.1) is 0 Å². The van der Waals surface area contributed by atoms with Gasteiger partial charge >= 0.3 is 5.97 Å². The number of hydrogen-bond donors (Lipinski definition) is 3. The third-order valence-electron chi connectivity index (χ3n) is 3.08. The Hall–Kier alpha value is -2.44. The van der Waals surface area contributed by atoms with Gasteiger partial charge in [-0.3, -0.25) is 14.4 Å². The van der Waals surface area contributed by atoms with Gasteiger partial charge in [-0.1, -0.05) is 26.0 Å². The van der Waals surface area contributed by atoms with Crippen LogP contribution in [0.3, 0.4) is 0 Å². The molecule has 0 bridgehead atoms. The van der Waals surface area contributed by atoms with Crippen LogP contribution in [0.25, 0.3) is 0 Å². The zero-order valence-corrected chi connectivity index (χ0v) is 12.6. The molecule has 0 aliphatic heterocycles. The van der Waals surface area contributed by atoms with Crippen molar-refractivity contribution in [3.63, 3.8) is 0 Å². The van der Waals surface area contributed by atoms with Crippen LogP contribution in [0, 0.1) is 11.7 Å². The lowest BCUT2D eigenvalue weighted by molar-refractivity contribution is -0.141. The zero-order valence-electron chi connectivity index (χ0n) is 12.6. The Labute approximate surface area is 127 Å². The quantitative estimate of drug-likeness (QED) is 0.735. The number of carbonyl (C=O) groups excluding carboxylic acids is 2. The van der Waals surface area contributed by atoms with Crippen LogP contribution in [0.15, 0.2) is 24.3 Å². The number of halogens is 1. The lowest BCUT2D eigenvalue weighted by Gasteiger charge is -2.23. The summed E-state index contributed by atoms with van der Waals surface area (Å²) in [5, 5.41) is 13.5. The second-order valence-electron chi connectivity index (χ2n) is 5.24. The van der Waals surface area contributed by atoms with Crippen molar-refractivity contribution in [3.8, 4) is 0 Å². The molecule has 0 radical (unpaired) electrons. The van der Waals surface area contributed by atoms with Gasteiger partial charge in [0.25, 0.3) is 5.91 Å². The predicted molar refractivity (Wildman–Crippen MR) is 77.7 cm³/mol. The van der Waals surface area contributed by atoms with Crippen molar-refractivity contribution in [2.75, 3.05) is 0 Å². The fourth-order valence-corrected chi connectivity index (χ4v) is 1.76. The van der Waals surface area contributed by atoms with Gasteiger partial charge in [0.15, 0.2) is 0 Å². The van der Waals surface area contributed by atoms with Crippen LogP contribution in [0.5, 0.6) is 0 Å². The van der Waals surface area contributed by atoms with Gasteiger partial charge in [0, 0.05) is 0 Å². The topological polar surface area (TPSA) is 95.5 Å². The third kappa shape index (κ3) is 4.54. The molecule has 3 N–H and O–H groups in total. The Kier molecular flexibility index (Phi) is 6.03. The molecular formula is C15H19FN2O4. The highest BCUT2D eigenvalue weighted by Gasteiger charge is 2.27. The lowest BCUT2D eigenvalue weighted by Crippen LogP contribution is -2.53. The second-order valence-corrected chi connectivity index (χ2v) is 5.24. The first-order chi connectivity index (χ1) is 10.2. The first-order valence-electron chi connectivity index (χ1n) is 6.82. The molecule has 1 aromatic rings.